The van der Waals surface area contributed by atoms with Crippen LogP contribution in [0.1, 0.15) is 12.5 Å². The van der Waals surface area contributed by atoms with E-state index < -0.39 is 6.10 Å². The lowest BCUT2D eigenvalue weighted by atomic mass is 10.1. The van der Waals surface area contributed by atoms with Crippen LogP contribution in [0.3, 0.4) is 0 Å². The Labute approximate surface area is 89.5 Å². The zero-order valence-corrected chi connectivity index (χ0v) is 8.94. The second-order valence-electron chi connectivity index (χ2n) is 3.61. The van der Waals surface area contributed by atoms with Gasteiger partial charge in [-0.05, 0) is 25.1 Å². The highest BCUT2D eigenvalue weighted by Gasteiger charge is 2.08. The van der Waals surface area contributed by atoms with Crippen LogP contribution >= 0.6 is 0 Å². The molecule has 1 unspecified atom stereocenters. The number of hydrogen-bond donors (Lipinski definition) is 2. The molecule has 4 nitrogen and oxygen atoms in total. The van der Waals surface area contributed by atoms with E-state index in [1.54, 1.807) is 25.1 Å². The third-order valence-corrected chi connectivity index (χ3v) is 2.11. The van der Waals surface area contributed by atoms with Gasteiger partial charge in [0, 0.05) is 13.6 Å². The van der Waals surface area contributed by atoms with E-state index in [1.807, 2.05) is 18.0 Å². The standard InChI is InChI=1S/C11H15N3O/c1-8(15)7-14(2)11-4-3-9(6-12)5-10(11)13/h3-5,8,15H,7,13H2,1-2H3. The molecule has 0 amide bonds. The number of aliphatic hydroxyl groups excluding tert-OH is 1. The highest BCUT2D eigenvalue weighted by Crippen LogP contribution is 2.23. The van der Waals surface area contributed by atoms with Crippen LogP contribution in [-0.4, -0.2) is 24.8 Å². The van der Waals surface area contributed by atoms with Crippen LogP contribution in [0.2, 0.25) is 0 Å². The average molecular weight is 205 g/mol. The first-order valence-electron chi connectivity index (χ1n) is 4.73. The summed E-state index contributed by atoms with van der Waals surface area (Å²) < 4.78 is 0. The number of nitrogens with two attached hydrogens (primary N) is 1. The van der Waals surface area contributed by atoms with Crippen molar-refractivity contribution in [2.75, 3.05) is 24.2 Å². The maximum absolute atomic E-state index is 9.24. The Kier molecular flexibility index (Phi) is 3.53. The number of anilines is 2. The molecule has 0 aliphatic carbocycles. The van der Waals surface area contributed by atoms with E-state index in [9.17, 15) is 5.11 Å². The Bertz CT molecular complexity index is 382. The van der Waals surface area contributed by atoms with Crippen molar-refractivity contribution < 1.29 is 5.11 Å². The van der Waals surface area contributed by atoms with Gasteiger partial charge in [0.2, 0.25) is 0 Å². The van der Waals surface area contributed by atoms with E-state index in [0.29, 0.717) is 17.8 Å². The van der Waals surface area contributed by atoms with E-state index in [-0.39, 0.29) is 0 Å². The molecule has 1 aromatic rings. The molecule has 0 bridgehead atoms. The predicted octanol–water partition coefficient (Wildman–Crippen LogP) is 0.957. The molecule has 1 rings (SSSR count). The molecule has 3 N–H and O–H groups in total. The quantitative estimate of drug-likeness (QED) is 0.721. The van der Waals surface area contributed by atoms with Crippen LogP contribution in [0, 0.1) is 11.3 Å². The molecule has 0 saturated heterocycles. The fourth-order valence-electron chi connectivity index (χ4n) is 1.47. The Morgan fingerprint density at radius 1 is 1.60 bits per heavy atom. The minimum absolute atomic E-state index is 0.412. The van der Waals surface area contributed by atoms with Crippen molar-refractivity contribution in [3.8, 4) is 6.07 Å². The summed E-state index contributed by atoms with van der Waals surface area (Å²) >= 11 is 0. The Morgan fingerprint density at radius 3 is 2.73 bits per heavy atom. The van der Waals surface area contributed by atoms with Crippen LogP contribution < -0.4 is 10.6 Å². The molecule has 1 atom stereocenters. The molecule has 4 heteroatoms. The normalized spacial score (nSPS) is 11.9. The zero-order valence-electron chi connectivity index (χ0n) is 8.94. The van der Waals surface area contributed by atoms with Crippen molar-refractivity contribution in [2.24, 2.45) is 0 Å². The summed E-state index contributed by atoms with van der Waals surface area (Å²) in [4.78, 5) is 1.86. The zero-order chi connectivity index (χ0) is 11.4. The predicted molar refractivity (Wildman–Crippen MR) is 60.5 cm³/mol. The van der Waals surface area contributed by atoms with Crippen LogP contribution in [0.5, 0.6) is 0 Å². The Balaban J connectivity index is 2.91. The lowest BCUT2D eigenvalue weighted by molar-refractivity contribution is 0.201. The monoisotopic (exact) mass is 205 g/mol. The number of aliphatic hydroxyl groups is 1. The first-order chi connectivity index (χ1) is 7.04. The number of benzene rings is 1. The SMILES string of the molecule is CC(O)CN(C)c1ccc(C#N)cc1N. The average Bonchev–Trinajstić information content (AvgIpc) is 2.16. The van der Waals surface area contributed by atoms with Gasteiger partial charge < -0.3 is 15.7 Å². The second-order valence-corrected chi connectivity index (χ2v) is 3.61. The summed E-state index contributed by atoms with van der Waals surface area (Å²) in [5.74, 6) is 0. The molecule has 0 fully saturated rings. The first kappa shape index (κ1) is 11.3. The van der Waals surface area contributed by atoms with Gasteiger partial charge in [-0.15, -0.1) is 0 Å². The molecule has 0 radical (unpaired) electrons. The number of nitrogens with zero attached hydrogens (tertiary/aromatic N) is 2. The maximum atomic E-state index is 9.24. The number of likely N-dealkylation sites (N-methyl/N-ethyl adjacent to an activating group) is 1. The summed E-state index contributed by atoms with van der Waals surface area (Å²) in [6.45, 7) is 2.23. The molecule has 0 aliphatic rings. The van der Waals surface area contributed by atoms with E-state index >= 15 is 0 Å². The molecule has 15 heavy (non-hydrogen) atoms. The van der Waals surface area contributed by atoms with E-state index in [1.165, 1.54) is 0 Å². The summed E-state index contributed by atoms with van der Waals surface area (Å²) in [5, 5.41) is 17.9. The van der Waals surface area contributed by atoms with Gasteiger partial charge in [-0.1, -0.05) is 0 Å². The fraction of sp³-hybridized carbons (Fsp3) is 0.364. The highest BCUT2D eigenvalue weighted by molar-refractivity contribution is 5.69. The minimum atomic E-state index is -0.412. The molecule has 0 aromatic heterocycles. The second kappa shape index (κ2) is 4.67. The van der Waals surface area contributed by atoms with Gasteiger partial charge in [-0.25, -0.2) is 0 Å². The Morgan fingerprint density at radius 2 is 2.27 bits per heavy atom. The third kappa shape index (κ3) is 2.86. The van der Waals surface area contributed by atoms with Crippen molar-refractivity contribution in [2.45, 2.75) is 13.0 Å². The van der Waals surface area contributed by atoms with Gasteiger partial charge in [-0.2, -0.15) is 5.26 Å². The van der Waals surface area contributed by atoms with E-state index in [4.69, 9.17) is 11.0 Å². The van der Waals surface area contributed by atoms with E-state index in [0.717, 1.165) is 5.69 Å². The van der Waals surface area contributed by atoms with Crippen molar-refractivity contribution >= 4 is 11.4 Å². The number of rotatable bonds is 3. The largest absolute Gasteiger partial charge is 0.397 e. The minimum Gasteiger partial charge on any atom is -0.397 e. The van der Waals surface area contributed by atoms with Crippen molar-refractivity contribution in [1.29, 1.82) is 5.26 Å². The van der Waals surface area contributed by atoms with Gasteiger partial charge in [0.25, 0.3) is 0 Å². The number of nitrogen functional groups attached to an aromatic ring is 1. The molecule has 0 heterocycles. The maximum Gasteiger partial charge on any atom is 0.0992 e. The first-order valence-corrected chi connectivity index (χ1v) is 4.73. The summed E-state index contributed by atoms with van der Waals surface area (Å²) in [6.07, 6.45) is -0.412. The summed E-state index contributed by atoms with van der Waals surface area (Å²) in [6, 6.07) is 7.16. The summed E-state index contributed by atoms with van der Waals surface area (Å²) in [7, 11) is 1.85. The molecular weight excluding hydrogens is 190 g/mol. The van der Waals surface area contributed by atoms with E-state index in [2.05, 4.69) is 0 Å². The molecule has 0 saturated carbocycles. The Hall–Kier alpha value is -1.73. The van der Waals surface area contributed by atoms with Crippen LogP contribution in [0.25, 0.3) is 0 Å². The third-order valence-electron chi connectivity index (χ3n) is 2.11. The van der Waals surface area contributed by atoms with Gasteiger partial charge in [0.15, 0.2) is 0 Å². The molecule has 1 aromatic carbocycles. The fourth-order valence-corrected chi connectivity index (χ4v) is 1.47. The van der Waals surface area contributed by atoms with Gasteiger partial charge >= 0.3 is 0 Å². The van der Waals surface area contributed by atoms with Gasteiger partial charge in [0.1, 0.15) is 0 Å². The molecule has 0 aliphatic heterocycles. The number of nitriles is 1. The molecular formula is C11H15N3O. The molecule has 80 valence electrons. The smallest absolute Gasteiger partial charge is 0.0992 e. The lowest BCUT2D eigenvalue weighted by Crippen LogP contribution is -2.27. The van der Waals surface area contributed by atoms with Crippen LogP contribution in [0.15, 0.2) is 18.2 Å². The molecule has 0 spiro atoms. The van der Waals surface area contributed by atoms with Crippen molar-refractivity contribution in [3.05, 3.63) is 23.8 Å². The summed E-state index contributed by atoms with van der Waals surface area (Å²) in [5.41, 5.74) is 7.72. The van der Waals surface area contributed by atoms with Crippen LogP contribution in [-0.2, 0) is 0 Å². The van der Waals surface area contributed by atoms with Crippen molar-refractivity contribution in [3.63, 3.8) is 0 Å². The topological polar surface area (TPSA) is 73.3 Å². The van der Waals surface area contributed by atoms with Crippen molar-refractivity contribution in [1.82, 2.24) is 0 Å². The highest BCUT2D eigenvalue weighted by atomic mass is 16.3. The van der Waals surface area contributed by atoms with Gasteiger partial charge in [-0.3, -0.25) is 0 Å². The van der Waals surface area contributed by atoms with Gasteiger partial charge in [0.05, 0.1) is 29.1 Å². The lowest BCUT2D eigenvalue weighted by Gasteiger charge is -2.22. The number of hydrogen-bond acceptors (Lipinski definition) is 4. The van der Waals surface area contributed by atoms with Crippen LogP contribution in [0.4, 0.5) is 11.4 Å².